The summed E-state index contributed by atoms with van der Waals surface area (Å²) in [6, 6.07) is 12.1. The highest BCUT2D eigenvalue weighted by Gasteiger charge is 2.18. The zero-order valence-electron chi connectivity index (χ0n) is 16.1. The Morgan fingerprint density at radius 2 is 1.85 bits per heavy atom. The van der Waals surface area contributed by atoms with Crippen molar-refractivity contribution >= 4 is 18.0 Å². The van der Waals surface area contributed by atoms with Crippen molar-refractivity contribution in [1.82, 2.24) is 19.8 Å². The van der Waals surface area contributed by atoms with Crippen LogP contribution in [0.15, 0.2) is 36.4 Å². The number of nitrogens with zero attached hydrogens (tertiary/aromatic N) is 5. The fourth-order valence-corrected chi connectivity index (χ4v) is 3.07. The zero-order chi connectivity index (χ0) is 19.1. The van der Waals surface area contributed by atoms with Gasteiger partial charge in [0.2, 0.25) is 6.41 Å². The molecule has 1 aliphatic heterocycles. The van der Waals surface area contributed by atoms with E-state index in [0.717, 1.165) is 75.1 Å². The molecular weight excluding hydrogens is 340 g/mol. The molecule has 1 fully saturated rings. The molecule has 2 heterocycles. The van der Waals surface area contributed by atoms with Crippen molar-refractivity contribution < 1.29 is 4.79 Å². The van der Waals surface area contributed by atoms with Gasteiger partial charge in [0.05, 0.1) is 0 Å². The first-order valence-electron chi connectivity index (χ1n) is 9.43. The number of benzene rings is 1. The van der Waals surface area contributed by atoms with Crippen LogP contribution in [0.5, 0.6) is 0 Å². The summed E-state index contributed by atoms with van der Waals surface area (Å²) in [5.74, 6) is 2.47. The van der Waals surface area contributed by atoms with Crippen LogP contribution in [0.1, 0.15) is 6.42 Å². The summed E-state index contributed by atoms with van der Waals surface area (Å²) in [6.07, 6.45) is 1.97. The van der Waals surface area contributed by atoms with Crippen molar-refractivity contribution in [3.8, 4) is 11.4 Å². The first-order valence-corrected chi connectivity index (χ1v) is 9.43. The number of amides is 1. The molecule has 0 saturated carbocycles. The molecule has 3 rings (SSSR count). The van der Waals surface area contributed by atoms with Crippen molar-refractivity contribution in [1.29, 1.82) is 0 Å². The van der Waals surface area contributed by atoms with Crippen LogP contribution in [-0.4, -0.2) is 79.5 Å². The molecule has 2 aromatic rings. The van der Waals surface area contributed by atoms with Gasteiger partial charge in [-0.15, -0.1) is 0 Å². The molecular formula is C20H28N6O. The van der Waals surface area contributed by atoms with Gasteiger partial charge in [-0.25, -0.2) is 9.97 Å². The predicted molar refractivity (Wildman–Crippen MR) is 109 cm³/mol. The quantitative estimate of drug-likeness (QED) is 0.566. The molecule has 0 aliphatic carbocycles. The van der Waals surface area contributed by atoms with Crippen LogP contribution >= 0.6 is 0 Å². The molecule has 1 amide bonds. The summed E-state index contributed by atoms with van der Waals surface area (Å²) in [7, 11) is 4.16. The molecule has 0 radical (unpaired) electrons. The van der Waals surface area contributed by atoms with E-state index in [9.17, 15) is 4.79 Å². The Balaban J connectivity index is 1.79. The van der Waals surface area contributed by atoms with Gasteiger partial charge in [0, 0.05) is 44.4 Å². The van der Waals surface area contributed by atoms with Crippen molar-refractivity contribution in [3.05, 3.63) is 36.4 Å². The number of hydrogen-bond donors (Lipinski definition) is 1. The van der Waals surface area contributed by atoms with Gasteiger partial charge in [-0.1, -0.05) is 30.3 Å². The summed E-state index contributed by atoms with van der Waals surface area (Å²) < 4.78 is 0. The average molecular weight is 368 g/mol. The fourth-order valence-electron chi connectivity index (χ4n) is 3.07. The second kappa shape index (κ2) is 9.32. The number of carbonyl (C=O) groups excluding carboxylic acids is 1. The van der Waals surface area contributed by atoms with Gasteiger partial charge < -0.3 is 20.0 Å². The summed E-state index contributed by atoms with van der Waals surface area (Å²) >= 11 is 0. The third-order valence-corrected chi connectivity index (χ3v) is 4.62. The Morgan fingerprint density at radius 3 is 2.52 bits per heavy atom. The minimum atomic E-state index is 0.722. The van der Waals surface area contributed by atoms with Gasteiger partial charge in [-0.3, -0.25) is 4.79 Å². The first-order chi connectivity index (χ1) is 13.2. The molecule has 0 bridgehead atoms. The van der Waals surface area contributed by atoms with Crippen molar-refractivity contribution in [2.75, 3.05) is 63.6 Å². The molecule has 1 N–H and O–H groups in total. The number of nitrogens with one attached hydrogen (secondary N) is 1. The lowest BCUT2D eigenvalue weighted by Crippen LogP contribution is -2.46. The molecule has 0 unspecified atom stereocenters. The standard InChI is InChI=1S/C20H28N6O/c1-24(2)10-6-9-21-18-15-19(26-13-11-25(16-27)12-14-26)23-20(22-18)17-7-4-3-5-8-17/h3-5,7-8,15-16H,6,9-14H2,1-2H3,(H,21,22,23). The molecule has 1 aromatic carbocycles. The normalized spacial score (nSPS) is 14.5. The Morgan fingerprint density at radius 1 is 1.11 bits per heavy atom. The number of hydrogen-bond acceptors (Lipinski definition) is 6. The third kappa shape index (κ3) is 5.40. The van der Waals surface area contributed by atoms with Gasteiger partial charge in [0.15, 0.2) is 5.82 Å². The SMILES string of the molecule is CN(C)CCCNc1cc(N2CCN(C=O)CC2)nc(-c2ccccc2)n1. The highest BCUT2D eigenvalue weighted by atomic mass is 16.1. The smallest absolute Gasteiger partial charge is 0.209 e. The molecule has 1 aliphatic rings. The van der Waals surface area contributed by atoms with E-state index in [1.807, 2.05) is 36.4 Å². The van der Waals surface area contributed by atoms with Gasteiger partial charge in [-0.05, 0) is 27.1 Å². The summed E-state index contributed by atoms with van der Waals surface area (Å²) in [5, 5.41) is 3.44. The maximum Gasteiger partial charge on any atom is 0.209 e. The fraction of sp³-hybridized carbons (Fsp3) is 0.450. The van der Waals surface area contributed by atoms with Crippen LogP contribution in [0.4, 0.5) is 11.6 Å². The topological polar surface area (TPSA) is 64.6 Å². The van der Waals surface area contributed by atoms with Crippen LogP contribution in [0, 0.1) is 0 Å². The van der Waals surface area contributed by atoms with E-state index in [-0.39, 0.29) is 0 Å². The van der Waals surface area contributed by atoms with E-state index < -0.39 is 0 Å². The number of aromatic nitrogens is 2. The summed E-state index contributed by atoms with van der Waals surface area (Å²) in [5.41, 5.74) is 1.00. The van der Waals surface area contributed by atoms with Crippen LogP contribution in [-0.2, 0) is 4.79 Å². The van der Waals surface area contributed by atoms with Crippen molar-refractivity contribution in [3.63, 3.8) is 0 Å². The van der Waals surface area contributed by atoms with E-state index >= 15 is 0 Å². The Kier molecular flexibility index (Phi) is 6.59. The van der Waals surface area contributed by atoms with E-state index in [2.05, 4.69) is 29.2 Å². The monoisotopic (exact) mass is 368 g/mol. The predicted octanol–water partition coefficient (Wildman–Crippen LogP) is 1.79. The molecule has 1 saturated heterocycles. The van der Waals surface area contributed by atoms with E-state index in [4.69, 9.17) is 9.97 Å². The molecule has 7 nitrogen and oxygen atoms in total. The highest BCUT2D eigenvalue weighted by Crippen LogP contribution is 2.23. The molecule has 7 heteroatoms. The molecule has 27 heavy (non-hydrogen) atoms. The summed E-state index contributed by atoms with van der Waals surface area (Å²) in [4.78, 5) is 26.7. The second-order valence-corrected chi connectivity index (χ2v) is 7.01. The summed E-state index contributed by atoms with van der Waals surface area (Å²) in [6.45, 7) is 4.90. The highest BCUT2D eigenvalue weighted by molar-refractivity contribution is 5.62. The van der Waals surface area contributed by atoms with Crippen molar-refractivity contribution in [2.45, 2.75) is 6.42 Å². The Bertz CT molecular complexity index is 729. The number of carbonyl (C=O) groups is 1. The number of piperazine rings is 1. The van der Waals surface area contributed by atoms with Crippen LogP contribution in [0.3, 0.4) is 0 Å². The molecule has 0 atom stereocenters. The largest absolute Gasteiger partial charge is 0.370 e. The van der Waals surface area contributed by atoms with Crippen LogP contribution in [0.2, 0.25) is 0 Å². The van der Waals surface area contributed by atoms with Gasteiger partial charge in [0.1, 0.15) is 11.6 Å². The van der Waals surface area contributed by atoms with E-state index in [0.29, 0.717) is 0 Å². The van der Waals surface area contributed by atoms with Crippen molar-refractivity contribution in [2.24, 2.45) is 0 Å². The molecule has 0 spiro atoms. The molecule has 144 valence electrons. The van der Waals surface area contributed by atoms with Crippen LogP contribution in [0.25, 0.3) is 11.4 Å². The number of rotatable bonds is 8. The lowest BCUT2D eigenvalue weighted by Gasteiger charge is -2.33. The lowest BCUT2D eigenvalue weighted by molar-refractivity contribution is -0.118. The van der Waals surface area contributed by atoms with Gasteiger partial charge in [0.25, 0.3) is 0 Å². The van der Waals surface area contributed by atoms with Crippen LogP contribution < -0.4 is 10.2 Å². The maximum atomic E-state index is 11.0. The average Bonchev–Trinajstić information content (AvgIpc) is 2.71. The Hall–Kier alpha value is -2.67. The number of anilines is 2. The first kappa shape index (κ1) is 19.1. The Labute approximate surface area is 161 Å². The lowest BCUT2D eigenvalue weighted by atomic mass is 10.2. The van der Waals surface area contributed by atoms with Gasteiger partial charge in [-0.2, -0.15) is 0 Å². The minimum absolute atomic E-state index is 0.722. The maximum absolute atomic E-state index is 11.0. The minimum Gasteiger partial charge on any atom is -0.370 e. The van der Waals surface area contributed by atoms with Gasteiger partial charge >= 0.3 is 0 Å². The van der Waals surface area contributed by atoms with E-state index in [1.165, 1.54) is 0 Å². The third-order valence-electron chi connectivity index (χ3n) is 4.62. The van der Waals surface area contributed by atoms with E-state index in [1.54, 1.807) is 4.90 Å². The molecule has 1 aromatic heterocycles. The second-order valence-electron chi connectivity index (χ2n) is 7.01. The zero-order valence-corrected chi connectivity index (χ0v) is 16.1.